The molecule has 4 heteroatoms. The van der Waals surface area contributed by atoms with Gasteiger partial charge in [0, 0.05) is 11.1 Å². The number of rotatable bonds is 3. The fourth-order valence-corrected chi connectivity index (χ4v) is 1.83. The van der Waals surface area contributed by atoms with Gasteiger partial charge in [0.25, 0.3) is 5.56 Å². The highest BCUT2D eigenvalue weighted by Gasteiger charge is 2.12. The van der Waals surface area contributed by atoms with Crippen molar-refractivity contribution in [1.29, 1.82) is 0 Å². The van der Waals surface area contributed by atoms with Crippen molar-refractivity contribution in [2.75, 3.05) is 7.11 Å². The molecule has 2 rings (SSSR count). The second-order valence-electron chi connectivity index (χ2n) is 3.61. The van der Waals surface area contributed by atoms with Crippen molar-refractivity contribution < 1.29 is 4.74 Å². The third-order valence-electron chi connectivity index (χ3n) is 2.66. The molecule has 1 heterocycles. The molecule has 0 fully saturated rings. The number of ether oxygens (including phenoxy) is 1. The molecular weight excluding hydrogens is 216 g/mol. The molecule has 0 saturated carbocycles. The van der Waals surface area contributed by atoms with E-state index in [9.17, 15) is 4.79 Å². The molecule has 1 aromatic carbocycles. The fourth-order valence-electron chi connectivity index (χ4n) is 1.83. The Bertz CT molecular complexity index is 576. The third kappa shape index (κ3) is 2.06. The SMILES string of the molecule is CCc1c(-c2ccccc2OC)nc[nH]c1=O. The maximum absolute atomic E-state index is 11.7. The normalized spacial score (nSPS) is 10.2. The van der Waals surface area contributed by atoms with E-state index in [1.807, 2.05) is 31.2 Å². The standard InChI is InChI=1S/C13H14N2O2/c1-3-9-12(14-8-15-13(9)16)10-6-4-5-7-11(10)17-2/h4-8H,3H2,1-2H3,(H,14,15,16). The molecule has 4 nitrogen and oxygen atoms in total. The number of nitrogens with one attached hydrogen (secondary N) is 1. The Morgan fingerprint density at radius 3 is 2.82 bits per heavy atom. The maximum atomic E-state index is 11.7. The van der Waals surface area contributed by atoms with Crippen LogP contribution >= 0.6 is 0 Å². The first-order valence-corrected chi connectivity index (χ1v) is 5.47. The smallest absolute Gasteiger partial charge is 0.254 e. The van der Waals surface area contributed by atoms with Crippen LogP contribution in [0, 0.1) is 0 Å². The Kier molecular flexibility index (Phi) is 3.23. The Balaban J connectivity index is 2.68. The van der Waals surface area contributed by atoms with Crippen LogP contribution in [0.5, 0.6) is 5.75 Å². The minimum absolute atomic E-state index is 0.0941. The number of para-hydroxylation sites is 1. The summed E-state index contributed by atoms with van der Waals surface area (Å²) in [5.74, 6) is 0.723. The van der Waals surface area contributed by atoms with Gasteiger partial charge < -0.3 is 9.72 Å². The van der Waals surface area contributed by atoms with Gasteiger partial charge in [-0.05, 0) is 18.6 Å². The summed E-state index contributed by atoms with van der Waals surface area (Å²) in [7, 11) is 1.61. The summed E-state index contributed by atoms with van der Waals surface area (Å²) in [5, 5.41) is 0. The second kappa shape index (κ2) is 4.82. The second-order valence-corrected chi connectivity index (χ2v) is 3.61. The number of H-pyrrole nitrogens is 1. The van der Waals surface area contributed by atoms with Gasteiger partial charge in [0.2, 0.25) is 0 Å². The lowest BCUT2D eigenvalue weighted by molar-refractivity contribution is 0.416. The molecule has 0 aliphatic rings. The molecule has 17 heavy (non-hydrogen) atoms. The van der Waals surface area contributed by atoms with E-state index in [-0.39, 0.29) is 5.56 Å². The molecule has 88 valence electrons. The van der Waals surface area contributed by atoms with E-state index in [2.05, 4.69) is 9.97 Å². The van der Waals surface area contributed by atoms with Gasteiger partial charge in [0.1, 0.15) is 5.75 Å². The maximum Gasteiger partial charge on any atom is 0.254 e. The first kappa shape index (κ1) is 11.4. The van der Waals surface area contributed by atoms with Crippen molar-refractivity contribution in [3.05, 3.63) is 46.5 Å². The number of hydrogen-bond donors (Lipinski definition) is 1. The van der Waals surface area contributed by atoms with Crippen LogP contribution in [0.4, 0.5) is 0 Å². The van der Waals surface area contributed by atoms with Gasteiger partial charge in [-0.3, -0.25) is 4.79 Å². The predicted molar refractivity (Wildman–Crippen MR) is 66.2 cm³/mol. The lowest BCUT2D eigenvalue weighted by Gasteiger charge is -2.09. The average molecular weight is 230 g/mol. The highest BCUT2D eigenvalue weighted by Crippen LogP contribution is 2.29. The molecule has 0 amide bonds. The van der Waals surface area contributed by atoms with Crippen LogP contribution in [0.3, 0.4) is 0 Å². The minimum atomic E-state index is -0.0941. The quantitative estimate of drug-likeness (QED) is 0.877. The summed E-state index contributed by atoms with van der Waals surface area (Å²) in [5.41, 5.74) is 2.12. The van der Waals surface area contributed by atoms with E-state index < -0.39 is 0 Å². The molecule has 0 atom stereocenters. The molecule has 1 N–H and O–H groups in total. The number of nitrogens with zero attached hydrogens (tertiary/aromatic N) is 1. The number of methoxy groups -OCH3 is 1. The van der Waals surface area contributed by atoms with Gasteiger partial charge in [-0.1, -0.05) is 19.1 Å². The van der Waals surface area contributed by atoms with Crippen molar-refractivity contribution in [3.63, 3.8) is 0 Å². The fraction of sp³-hybridized carbons (Fsp3) is 0.231. The predicted octanol–water partition coefficient (Wildman–Crippen LogP) is 2.01. The van der Waals surface area contributed by atoms with Crippen LogP contribution in [0.15, 0.2) is 35.4 Å². The van der Waals surface area contributed by atoms with E-state index in [0.717, 1.165) is 11.3 Å². The van der Waals surface area contributed by atoms with Gasteiger partial charge in [0.15, 0.2) is 0 Å². The molecule has 0 aliphatic carbocycles. The molecule has 0 saturated heterocycles. The number of hydrogen-bond acceptors (Lipinski definition) is 3. The summed E-state index contributed by atoms with van der Waals surface area (Å²) in [4.78, 5) is 18.6. The lowest BCUT2D eigenvalue weighted by Crippen LogP contribution is -2.14. The highest BCUT2D eigenvalue weighted by molar-refractivity contribution is 5.69. The van der Waals surface area contributed by atoms with E-state index in [4.69, 9.17) is 4.74 Å². The Morgan fingerprint density at radius 1 is 1.35 bits per heavy atom. The number of aromatic amines is 1. The minimum Gasteiger partial charge on any atom is -0.496 e. The van der Waals surface area contributed by atoms with Crippen LogP contribution in [-0.4, -0.2) is 17.1 Å². The monoisotopic (exact) mass is 230 g/mol. The van der Waals surface area contributed by atoms with Gasteiger partial charge in [-0.15, -0.1) is 0 Å². The lowest BCUT2D eigenvalue weighted by atomic mass is 10.0. The molecule has 1 aromatic heterocycles. The molecular formula is C13H14N2O2. The van der Waals surface area contributed by atoms with Crippen molar-refractivity contribution in [1.82, 2.24) is 9.97 Å². The Morgan fingerprint density at radius 2 is 2.12 bits per heavy atom. The number of aromatic nitrogens is 2. The van der Waals surface area contributed by atoms with Gasteiger partial charge in [-0.25, -0.2) is 4.98 Å². The Hall–Kier alpha value is -2.10. The van der Waals surface area contributed by atoms with Crippen LogP contribution in [0.2, 0.25) is 0 Å². The van der Waals surface area contributed by atoms with Crippen molar-refractivity contribution >= 4 is 0 Å². The van der Waals surface area contributed by atoms with Crippen molar-refractivity contribution in [3.8, 4) is 17.0 Å². The van der Waals surface area contributed by atoms with E-state index in [1.165, 1.54) is 6.33 Å². The average Bonchev–Trinajstić information content (AvgIpc) is 2.38. The summed E-state index contributed by atoms with van der Waals surface area (Å²) < 4.78 is 5.29. The zero-order valence-corrected chi connectivity index (χ0v) is 9.86. The zero-order valence-electron chi connectivity index (χ0n) is 9.86. The van der Waals surface area contributed by atoms with E-state index in [0.29, 0.717) is 17.7 Å². The summed E-state index contributed by atoms with van der Waals surface area (Å²) >= 11 is 0. The topological polar surface area (TPSA) is 55.0 Å². The summed E-state index contributed by atoms with van der Waals surface area (Å²) in [6.07, 6.45) is 2.06. The van der Waals surface area contributed by atoms with Gasteiger partial charge in [0.05, 0.1) is 19.1 Å². The summed E-state index contributed by atoms with van der Waals surface area (Å²) in [6, 6.07) is 7.55. The van der Waals surface area contributed by atoms with Gasteiger partial charge >= 0.3 is 0 Å². The first-order chi connectivity index (χ1) is 8.27. The summed E-state index contributed by atoms with van der Waals surface area (Å²) in [6.45, 7) is 1.94. The van der Waals surface area contributed by atoms with E-state index >= 15 is 0 Å². The Labute approximate surface area is 99.3 Å². The number of benzene rings is 1. The van der Waals surface area contributed by atoms with Gasteiger partial charge in [-0.2, -0.15) is 0 Å². The first-order valence-electron chi connectivity index (χ1n) is 5.47. The van der Waals surface area contributed by atoms with E-state index in [1.54, 1.807) is 7.11 Å². The molecule has 0 unspecified atom stereocenters. The largest absolute Gasteiger partial charge is 0.496 e. The highest BCUT2D eigenvalue weighted by atomic mass is 16.5. The van der Waals surface area contributed by atoms with Crippen LogP contribution in [0.25, 0.3) is 11.3 Å². The van der Waals surface area contributed by atoms with Crippen LogP contribution in [0.1, 0.15) is 12.5 Å². The molecule has 0 spiro atoms. The third-order valence-corrected chi connectivity index (χ3v) is 2.66. The molecule has 0 radical (unpaired) electrons. The van der Waals surface area contributed by atoms with Crippen LogP contribution < -0.4 is 10.3 Å². The van der Waals surface area contributed by atoms with Crippen molar-refractivity contribution in [2.45, 2.75) is 13.3 Å². The van der Waals surface area contributed by atoms with Crippen molar-refractivity contribution in [2.24, 2.45) is 0 Å². The van der Waals surface area contributed by atoms with Crippen LogP contribution in [-0.2, 0) is 6.42 Å². The molecule has 2 aromatic rings. The molecule has 0 aliphatic heterocycles. The molecule has 0 bridgehead atoms. The zero-order chi connectivity index (χ0) is 12.3.